The number of hydrogen-bond donors (Lipinski definition) is 1. The molecule has 0 bridgehead atoms. The fraction of sp³-hybridized carbons (Fsp3) is 0.286. The van der Waals surface area contributed by atoms with E-state index in [1.165, 1.54) is 5.56 Å². The topological polar surface area (TPSA) is 29.1 Å². The summed E-state index contributed by atoms with van der Waals surface area (Å²) in [5.41, 5.74) is 3.37. The minimum Gasteiger partial charge on any atom is -0.355 e. The molecule has 2 nitrogen and oxygen atoms in total. The lowest BCUT2D eigenvalue weighted by molar-refractivity contribution is -0.121. The lowest BCUT2D eigenvalue weighted by Gasteiger charge is -2.39. The molecule has 0 radical (unpaired) electrons. The van der Waals surface area contributed by atoms with Crippen molar-refractivity contribution in [3.05, 3.63) is 80.3 Å². The summed E-state index contributed by atoms with van der Waals surface area (Å²) in [5, 5.41) is 5.01. The Morgan fingerprint density at radius 3 is 2.38 bits per heavy atom. The van der Waals surface area contributed by atoms with Crippen LogP contribution in [0.15, 0.2) is 54.1 Å². The van der Waals surface area contributed by atoms with Crippen LogP contribution in [0.25, 0.3) is 0 Å². The van der Waals surface area contributed by atoms with Crippen molar-refractivity contribution in [3.8, 4) is 0 Å². The average Bonchev–Trinajstić information content (AvgIpc) is 2.96. The van der Waals surface area contributed by atoms with Crippen molar-refractivity contribution < 1.29 is 4.79 Å². The maximum atomic E-state index is 12.3. The Labute approximate surface area is 168 Å². The zero-order chi connectivity index (χ0) is 18.4. The summed E-state index contributed by atoms with van der Waals surface area (Å²) in [6, 6.07) is 13.6. The zero-order valence-corrected chi connectivity index (χ0v) is 16.4. The van der Waals surface area contributed by atoms with Crippen LogP contribution in [0.5, 0.6) is 0 Å². The van der Waals surface area contributed by atoms with Crippen LogP contribution < -0.4 is 5.32 Å². The molecular formula is C21H18Cl3NO. The third-order valence-corrected chi connectivity index (χ3v) is 6.40. The Hall–Kier alpha value is -1.48. The van der Waals surface area contributed by atoms with Gasteiger partial charge in [0.1, 0.15) is 0 Å². The first-order valence-corrected chi connectivity index (χ1v) is 9.75. The summed E-state index contributed by atoms with van der Waals surface area (Å²) in [4.78, 5) is 12.3. The van der Waals surface area contributed by atoms with Crippen LogP contribution in [0.4, 0.5) is 0 Å². The molecule has 4 rings (SSSR count). The van der Waals surface area contributed by atoms with E-state index in [1.807, 2.05) is 24.3 Å². The van der Waals surface area contributed by atoms with Gasteiger partial charge in [0.25, 0.3) is 0 Å². The number of benzene rings is 2. The lowest BCUT2D eigenvalue weighted by atomic mass is 9.64. The first kappa shape index (κ1) is 17.9. The van der Waals surface area contributed by atoms with E-state index in [9.17, 15) is 4.79 Å². The van der Waals surface area contributed by atoms with Gasteiger partial charge < -0.3 is 5.32 Å². The van der Waals surface area contributed by atoms with Crippen LogP contribution in [0.3, 0.4) is 0 Å². The zero-order valence-electron chi connectivity index (χ0n) is 14.2. The molecule has 5 heteroatoms. The standard InChI is InChI=1S/C21H18Cl3NO/c1-11-8-16-17(10-25-21(16)26)20(12-2-4-13(22)5-3-12)19(11)15-7-6-14(23)9-18(15)24/h2-9,16-17,19-20H,10H2,1H3,(H,25,26)/t16-,17+,19-,20+/m0/s1. The van der Waals surface area contributed by atoms with Crippen LogP contribution in [0.2, 0.25) is 15.1 Å². The van der Waals surface area contributed by atoms with Gasteiger partial charge in [-0.2, -0.15) is 0 Å². The molecule has 4 atom stereocenters. The highest BCUT2D eigenvalue weighted by molar-refractivity contribution is 6.35. The second kappa shape index (κ2) is 6.92. The van der Waals surface area contributed by atoms with Crippen molar-refractivity contribution in [3.63, 3.8) is 0 Å². The molecule has 0 spiro atoms. The van der Waals surface area contributed by atoms with Crippen molar-refractivity contribution in [2.75, 3.05) is 6.54 Å². The number of fused-ring (bicyclic) bond motifs is 1. The molecule has 1 heterocycles. The van der Waals surface area contributed by atoms with Crippen molar-refractivity contribution in [2.45, 2.75) is 18.8 Å². The molecule has 2 aromatic carbocycles. The maximum absolute atomic E-state index is 12.3. The summed E-state index contributed by atoms with van der Waals surface area (Å²) < 4.78 is 0. The average molecular weight is 407 g/mol. The smallest absolute Gasteiger partial charge is 0.227 e. The molecule has 1 fully saturated rings. The van der Waals surface area contributed by atoms with E-state index in [-0.39, 0.29) is 29.6 Å². The first-order chi connectivity index (χ1) is 12.5. The van der Waals surface area contributed by atoms with Gasteiger partial charge in [-0.15, -0.1) is 0 Å². The molecule has 134 valence electrons. The van der Waals surface area contributed by atoms with Gasteiger partial charge in [0.15, 0.2) is 0 Å². The number of hydrogen-bond acceptors (Lipinski definition) is 1. The number of halogens is 3. The number of carbonyl (C=O) groups excluding carboxylic acids is 1. The fourth-order valence-electron chi connectivity index (χ4n) is 4.44. The van der Waals surface area contributed by atoms with Gasteiger partial charge in [-0.05, 0) is 48.2 Å². The van der Waals surface area contributed by atoms with Crippen molar-refractivity contribution >= 4 is 40.7 Å². The summed E-state index contributed by atoms with van der Waals surface area (Å²) in [6.07, 6.45) is 2.11. The lowest BCUT2D eigenvalue weighted by Crippen LogP contribution is -2.31. The van der Waals surface area contributed by atoms with E-state index in [2.05, 4.69) is 30.4 Å². The summed E-state index contributed by atoms with van der Waals surface area (Å²) >= 11 is 18.8. The fourth-order valence-corrected chi connectivity index (χ4v) is 5.09. The van der Waals surface area contributed by atoms with Gasteiger partial charge in [-0.1, -0.05) is 64.7 Å². The van der Waals surface area contributed by atoms with Crippen LogP contribution in [-0.4, -0.2) is 12.5 Å². The quantitative estimate of drug-likeness (QED) is 0.624. The highest BCUT2D eigenvalue weighted by Crippen LogP contribution is 2.52. The normalized spacial score (nSPS) is 27.7. The number of carbonyl (C=O) groups is 1. The molecule has 0 unspecified atom stereocenters. The number of amides is 1. The van der Waals surface area contributed by atoms with Gasteiger partial charge in [0, 0.05) is 33.4 Å². The minimum absolute atomic E-state index is 0.0925. The van der Waals surface area contributed by atoms with Crippen LogP contribution in [0.1, 0.15) is 29.9 Å². The maximum Gasteiger partial charge on any atom is 0.227 e. The first-order valence-electron chi connectivity index (χ1n) is 8.62. The van der Waals surface area contributed by atoms with E-state index in [4.69, 9.17) is 34.8 Å². The molecule has 1 saturated heterocycles. The Morgan fingerprint density at radius 1 is 1.00 bits per heavy atom. The SMILES string of the molecule is CC1=C[C@@H]2C(=O)NC[C@H]2[C@@H](c2ccc(Cl)cc2)[C@@H]1c1ccc(Cl)cc1Cl. The molecular weight excluding hydrogens is 389 g/mol. The third kappa shape index (κ3) is 3.05. The van der Waals surface area contributed by atoms with Gasteiger partial charge in [-0.25, -0.2) is 0 Å². The van der Waals surface area contributed by atoms with Crippen molar-refractivity contribution in [2.24, 2.45) is 11.8 Å². The Bertz CT molecular complexity index is 891. The predicted molar refractivity (Wildman–Crippen MR) is 107 cm³/mol. The molecule has 2 aromatic rings. The van der Waals surface area contributed by atoms with Crippen molar-refractivity contribution in [1.82, 2.24) is 5.32 Å². The van der Waals surface area contributed by atoms with Gasteiger partial charge in [0.2, 0.25) is 5.91 Å². The molecule has 1 aliphatic carbocycles. The Balaban J connectivity index is 1.88. The third-order valence-electron chi connectivity index (χ3n) is 5.58. The number of nitrogens with one attached hydrogen (secondary N) is 1. The second-order valence-corrected chi connectivity index (χ2v) is 8.35. The largest absolute Gasteiger partial charge is 0.355 e. The van der Waals surface area contributed by atoms with Gasteiger partial charge in [-0.3, -0.25) is 4.79 Å². The van der Waals surface area contributed by atoms with E-state index >= 15 is 0 Å². The second-order valence-electron chi connectivity index (χ2n) is 7.07. The van der Waals surface area contributed by atoms with Gasteiger partial charge in [0.05, 0.1) is 5.92 Å². The molecule has 0 saturated carbocycles. The van der Waals surface area contributed by atoms with E-state index in [1.54, 1.807) is 6.07 Å². The van der Waals surface area contributed by atoms with Crippen LogP contribution in [0, 0.1) is 11.8 Å². The van der Waals surface area contributed by atoms with E-state index in [0.29, 0.717) is 21.6 Å². The highest BCUT2D eigenvalue weighted by atomic mass is 35.5. The number of allylic oxidation sites excluding steroid dienone is 1. The van der Waals surface area contributed by atoms with Crippen LogP contribution in [-0.2, 0) is 4.79 Å². The molecule has 2 aliphatic rings. The predicted octanol–water partition coefficient (Wildman–Crippen LogP) is 5.84. The van der Waals surface area contributed by atoms with E-state index < -0.39 is 0 Å². The van der Waals surface area contributed by atoms with Crippen molar-refractivity contribution in [1.29, 1.82) is 0 Å². The monoisotopic (exact) mass is 405 g/mol. The molecule has 1 aliphatic heterocycles. The summed E-state index contributed by atoms with van der Waals surface area (Å²) in [5.74, 6) is 0.422. The van der Waals surface area contributed by atoms with Gasteiger partial charge >= 0.3 is 0 Å². The Morgan fingerprint density at radius 2 is 1.69 bits per heavy atom. The summed E-state index contributed by atoms with van der Waals surface area (Å²) in [6.45, 7) is 2.75. The molecule has 26 heavy (non-hydrogen) atoms. The minimum atomic E-state index is -0.0991. The molecule has 1 N–H and O–H groups in total. The highest BCUT2D eigenvalue weighted by Gasteiger charge is 2.46. The van der Waals surface area contributed by atoms with E-state index in [0.717, 1.165) is 11.1 Å². The Kier molecular flexibility index (Phi) is 4.77. The summed E-state index contributed by atoms with van der Waals surface area (Å²) in [7, 11) is 0. The molecule has 0 aromatic heterocycles. The van der Waals surface area contributed by atoms with Crippen LogP contribution >= 0.6 is 34.8 Å². The molecule has 1 amide bonds. The number of rotatable bonds is 2.